The molecule has 1 aromatic rings. The minimum atomic E-state index is -0.337. The molecule has 3 aliphatic carbocycles. The van der Waals surface area contributed by atoms with Gasteiger partial charge in [0, 0.05) is 4.88 Å². The highest BCUT2D eigenvalue weighted by Gasteiger charge is 2.59. The van der Waals surface area contributed by atoms with E-state index in [2.05, 4.69) is 22.5 Å². The van der Waals surface area contributed by atoms with Crippen LogP contribution in [-0.2, 0) is 27.2 Å². The van der Waals surface area contributed by atoms with Gasteiger partial charge < -0.3 is 5.32 Å². The summed E-state index contributed by atoms with van der Waals surface area (Å²) in [4.78, 5) is 44.7. The lowest BCUT2D eigenvalue weighted by Crippen LogP contribution is -2.39. The molecule has 1 saturated heterocycles. The normalized spacial score (nSPS) is 31.9. The van der Waals surface area contributed by atoms with Crippen molar-refractivity contribution in [2.24, 2.45) is 23.7 Å². The Kier molecular flexibility index (Phi) is 3.74. The van der Waals surface area contributed by atoms with Crippen LogP contribution < -0.4 is 5.32 Å². The van der Waals surface area contributed by atoms with Crippen LogP contribution in [0.5, 0.6) is 0 Å². The van der Waals surface area contributed by atoms with Gasteiger partial charge in [0.1, 0.15) is 6.54 Å². The first-order valence-electron chi connectivity index (χ1n) is 9.44. The summed E-state index contributed by atoms with van der Waals surface area (Å²) in [5.74, 6) is -0.851. The molecule has 1 saturated carbocycles. The van der Waals surface area contributed by atoms with Crippen molar-refractivity contribution in [3.8, 4) is 0 Å². The van der Waals surface area contributed by atoms with Crippen molar-refractivity contribution in [2.45, 2.75) is 38.5 Å². The summed E-state index contributed by atoms with van der Waals surface area (Å²) >= 11 is 1.52. The van der Waals surface area contributed by atoms with Gasteiger partial charge in [0.2, 0.25) is 17.7 Å². The number of thiazole rings is 1. The topological polar surface area (TPSA) is 79.4 Å². The fourth-order valence-corrected chi connectivity index (χ4v) is 6.07. The van der Waals surface area contributed by atoms with Gasteiger partial charge in [-0.2, -0.15) is 0 Å². The van der Waals surface area contributed by atoms with E-state index in [4.69, 9.17) is 0 Å². The van der Waals surface area contributed by atoms with Gasteiger partial charge in [0.25, 0.3) is 0 Å². The van der Waals surface area contributed by atoms with Crippen molar-refractivity contribution in [2.75, 3.05) is 11.9 Å². The van der Waals surface area contributed by atoms with E-state index in [0.717, 1.165) is 36.3 Å². The molecule has 3 amide bonds. The second-order valence-electron chi connectivity index (χ2n) is 7.76. The molecule has 0 spiro atoms. The number of carbonyl (C=O) groups excluding carboxylic acids is 3. The van der Waals surface area contributed by atoms with Crippen LogP contribution in [0.4, 0.5) is 5.13 Å². The molecule has 26 heavy (non-hydrogen) atoms. The van der Waals surface area contributed by atoms with Crippen molar-refractivity contribution in [3.05, 3.63) is 22.7 Å². The lowest BCUT2D eigenvalue weighted by atomic mass is 9.85. The molecule has 1 aromatic heterocycles. The third kappa shape index (κ3) is 2.44. The van der Waals surface area contributed by atoms with Crippen LogP contribution in [0.1, 0.15) is 36.3 Å². The fraction of sp³-hybridized carbons (Fsp3) is 0.579. The van der Waals surface area contributed by atoms with Crippen molar-refractivity contribution < 1.29 is 14.4 Å². The van der Waals surface area contributed by atoms with Gasteiger partial charge in [-0.1, -0.05) is 18.6 Å². The maximum atomic E-state index is 12.7. The van der Waals surface area contributed by atoms with E-state index in [0.29, 0.717) is 5.13 Å². The van der Waals surface area contributed by atoms with Gasteiger partial charge in [0.05, 0.1) is 17.5 Å². The summed E-state index contributed by atoms with van der Waals surface area (Å²) in [7, 11) is 0. The molecule has 4 atom stereocenters. The molecule has 0 unspecified atom stereocenters. The highest BCUT2D eigenvalue weighted by Crippen LogP contribution is 2.52. The lowest BCUT2D eigenvalue weighted by Gasteiger charge is -2.16. The number of rotatable bonds is 3. The Labute approximate surface area is 155 Å². The molecule has 136 valence electrons. The number of imide groups is 1. The SMILES string of the molecule is O=C(CN1C(=O)[C@@H]2[C@@H](C1=O)[C@H]1C=C[C@H]2C1)Nc1nc2c(s1)CCCCC2. The molecule has 5 rings (SSSR count). The van der Waals surface area contributed by atoms with Gasteiger partial charge in [0.15, 0.2) is 5.13 Å². The van der Waals surface area contributed by atoms with E-state index in [1.165, 1.54) is 29.1 Å². The maximum absolute atomic E-state index is 12.7. The Morgan fingerprint density at radius 2 is 1.81 bits per heavy atom. The number of hydrogen-bond acceptors (Lipinski definition) is 5. The summed E-state index contributed by atoms with van der Waals surface area (Å²) in [6.45, 7) is -0.200. The van der Waals surface area contributed by atoms with E-state index in [1.54, 1.807) is 0 Å². The second kappa shape index (κ2) is 6.01. The van der Waals surface area contributed by atoms with Crippen molar-refractivity contribution in [3.63, 3.8) is 0 Å². The van der Waals surface area contributed by atoms with Crippen LogP contribution in [0, 0.1) is 23.7 Å². The molecule has 4 aliphatic rings. The van der Waals surface area contributed by atoms with Crippen LogP contribution in [0.3, 0.4) is 0 Å². The zero-order valence-electron chi connectivity index (χ0n) is 14.4. The lowest BCUT2D eigenvalue weighted by molar-refractivity contribution is -0.143. The number of aryl methyl sites for hydroxylation is 2. The zero-order valence-corrected chi connectivity index (χ0v) is 15.3. The van der Waals surface area contributed by atoms with Gasteiger partial charge >= 0.3 is 0 Å². The number of aromatic nitrogens is 1. The predicted molar refractivity (Wildman–Crippen MR) is 96.4 cm³/mol. The maximum Gasteiger partial charge on any atom is 0.246 e. The predicted octanol–water partition coefficient (Wildman–Crippen LogP) is 2.16. The van der Waals surface area contributed by atoms with Gasteiger partial charge in [-0.3, -0.25) is 19.3 Å². The number of amides is 3. The fourth-order valence-electron chi connectivity index (χ4n) is 5.00. The highest BCUT2D eigenvalue weighted by molar-refractivity contribution is 7.15. The average molecular weight is 371 g/mol. The third-order valence-corrected chi connectivity index (χ3v) is 7.28. The van der Waals surface area contributed by atoms with E-state index in [9.17, 15) is 14.4 Å². The van der Waals surface area contributed by atoms with E-state index in [-0.39, 0.29) is 47.9 Å². The molecule has 6 nitrogen and oxygen atoms in total. The van der Waals surface area contributed by atoms with Crippen molar-refractivity contribution in [1.29, 1.82) is 0 Å². The molecular weight excluding hydrogens is 350 g/mol. The van der Waals surface area contributed by atoms with Crippen molar-refractivity contribution >= 4 is 34.2 Å². The second-order valence-corrected chi connectivity index (χ2v) is 8.84. The number of carbonyl (C=O) groups is 3. The minimum absolute atomic E-state index is 0.170. The number of allylic oxidation sites excluding steroid dienone is 2. The molecule has 0 aromatic carbocycles. The monoisotopic (exact) mass is 371 g/mol. The van der Waals surface area contributed by atoms with Crippen molar-refractivity contribution in [1.82, 2.24) is 9.88 Å². The molecule has 1 aliphatic heterocycles. The number of fused-ring (bicyclic) bond motifs is 6. The first-order chi connectivity index (χ1) is 12.6. The van der Waals surface area contributed by atoms with Crippen LogP contribution in [0.25, 0.3) is 0 Å². The van der Waals surface area contributed by atoms with Crippen LogP contribution >= 0.6 is 11.3 Å². The molecule has 0 radical (unpaired) electrons. The summed E-state index contributed by atoms with van der Waals surface area (Å²) in [6, 6.07) is 0. The Balaban J connectivity index is 1.26. The molecule has 1 N–H and O–H groups in total. The Bertz CT molecular complexity index is 776. The average Bonchev–Trinajstić information content (AvgIpc) is 3.34. The van der Waals surface area contributed by atoms with Crippen LogP contribution in [0.2, 0.25) is 0 Å². The molecular formula is C19H21N3O3S. The van der Waals surface area contributed by atoms with E-state index in [1.807, 2.05) is 0 Å². The Hall–Kier alpha value is -2.02. The van der Waals surface area contributed by atoms with Gasteiger partial charge in [-0.15, -0.1) is 11.3 Å². The summed E-state index contributed by atoms with van der Waals surface area (Å²) in [5.41, 5.74) is 1.09. The zero-order chi connectivity index (χ0) is 17.8. The standard InChI is InChI=1S/C19H21N3O3S/c23-14(21-19-20-12-4-2-1-3-5-13(12)26-19)9-22-17(24)15-10-6-7-11(8-10)16(15)18(22)25/h6-7,10-11,15-16H,1-5,8-9H2,(H,20,21,23)/t10-,11-,15-,16-/m0/s1. The Morgan fingerprint density at radius 1 is 1.12 bits per heavy atom. The minimum Gasteiger partial charge on any atom is -0.300 e. The highest BCUT2D eigenvalue weighted by atomic mass is 32.1. The third-order valence-electron chi connectivity index (χ3n) is 6.21. The largest absolute Gasteiger partial charge is 0.300 e. The van der Waals surface area contributed by atoms with Gasteiger partial charge in [-0.25, -0.2) is 4.98 Å². The Morgan fingerprint density at radius 3 is 2.54 bits per heavy atom. The molecule has 2 fully saturated rings. The number of nitrogens with zero attached hydrogens (tertiary/aromatic N) is 2. The smallest absolute Gasteiger partial charge is 0.246 e. The summed E-state index contributed by atoms with van der Waals surface area (Å²) in [5, 5.41) is 3.38. The molecule has 7 heteroatoms. The number of hydrogen-bond donors (Lipinski definition) is 1. The number of likely N-dealkylation sites (tertiary alicyclic amines) is 1. The summed E-state index contributed by atoms with van der Waals surface area (Å²) in [6.07, 6.45) is 10.5. The van der Waals surface area contributed by atoms with Crippen LogP contribution in [-0.4, -0.2) is 34.2 Å². The molecule has 2 heterocycles. The first-order valence-corrected chi connectivity index (χ1v) is 10.3. The molecule has 2 bridgehead atoms. The number of nitrogens with one attached hydrogen (secondary N) is 1. The first kappa shape index (κ1) is 16.2. The van der Waals surface area contributed by atoms with E-state index < -0.39 is 0 Å². The van der Waals surface area contributed by atoms with E-state index >= 15 is 0 Å². The quantitative estimate of drug-likeness (QED) is 0.502. The summed E-state index contributed by atoms with van der Waals surface area (Å²) < 4.78 is 0. The van der Waals surface area contributed by atoms with Crippen LogP contribution in [0.15, 0.2) is 12.2 Å². The number of anilines is 1. The van der Waals surface area contributed by atoms with Gasteiger partial charge in [-0.05, 0) is 43.9 Å².